The quantitative estimate of drug-likeness (QED) is 0.0213. The van der Waals surface area contributed by atoms with Crippen LogP contribution in [0.25, 0.3) is 0 Å². The number of nitrogens with one attached hydrogen (secondary N) is 7. The molecule has 7 amide bonds. The van der Waals surface area contributed by atoms with Crippen molar-refractivity contribution in [3.8, 4) is 0 Å². The maximum Gasteiger partial charge on any atom is 0.237 e. The van der Waals surface area contributed by atoms with Gasteiger partial charge in [0.15, 0.2) is 18.8 Å². The molecular weight excluding hydrogens is 1220 g/mol. The molecule has 2 heterocycles. The number of rotatable bonds is 43. The highest BCUT2D eigenvalue weighted by Crippen LogP contribution is 2.27. The molecule has 3 aliphatic rings. The molecule has 0 bridgehead atoms. The second-order valence-electron chi connectivity index (χ2n) is 22.2. The van der Waals surface area contributed by atoms with Crippen molar-refractivity contribution in [2.75, 3.05) is 126 Å². The summed E-state index contributed by atoms with van der Waals surface area (Å²) < 4.78 is 55.5. The first-order valence-electron chi connectivity index (χ1n) is 30.6. The van der Waals surface area contributed by atoms with E-state index < -0.39 is 160 Å². The van der Waals surface area contributed by atoms with Crippen LogP contribution in [0.2, 0.25) is 0 Å². The molecule has 15 unspecified atom stereocenters. The summed E-state index contributed by atoms with van der Waals surface area (Å²) >= 11 is 0. The van der Waals surface area contributed by atoms with Gasteiger partial charge in [-0.2, -0.15) is 0 Å². The van der Waals surface area contributed by atoms with Gasteiger partial charge >= 0.3 is 0 Å². The first kappa shape index (κ1) is 79.1. The molecule has 0 radical (unpaired) electrons. The van der Waals surface area contributed by atoms with Gasteiger partial charge in [0.05, 0.1) is 105 Å². The van der Waals surface area contributed by atoms with Gasteiger partial charge in [-0.05, 0) is 43.2 Å². The lowest BCUT2D eigenvalue weighted by molar-refractivity contribution is -0.272. The molecular formula is C58H98N8O26. The Kier molecular flexibility index (Phi) is 36.9. The summed E-state index contributed by atoms with van der Waals surface area (Å²) in [5.41, 5.74) is 1.38. The van der Waals surface area contributed by atoms with E-state index in [0.717, 1.165) is 18.4 Å². The summed E-state index contributed by atoms with van der Waals surface area (Å²) in [4.78, 5) is 92.2. The minimum atomic E-state index is -1.71. The summed E-state index contributed by atoms with van der Waals surface area (Å²) in [5, 5.41) is 110. The van der Waals surface area contributed by atoms with Crippen LogP contribution in [0.3, 0.4) is 0 Å². The Hall–Kier alpha value is -5.29. The van der Waals surface area contributed by atoms with Crippen molar-refractivity contribution in [1.82, 2.24) is 42.1 Å². The van der Waals surface area contributed by atoms with Gasteiger partial charge in [0.25, 0.3) is 0 Å². The van der Waals surface area contributed by atoms with Crippen LogP contribution in [-0.2, 0) is 93.9 Å². The second kappa shape index (κ2) is 42.9. The summed E-state index contributed by atoms with van der Waals surface area (Å²) in [6.07, 6.45) is -14.0. The molecule has 16 N–H and O–H groups in total. The predicted molar refractivity (Wildman–Crippen MR) is 318 cm³/mol. The van der Waals surface area contributed by atoms with E-state index in [-0.39, 0.29) is 110 Å². The molecule has 0 aromatic heterocycles. The maximum absolute atomic E-state index is 14.5. The summed E-state index contributed by atoms with van der Waals surface area (Å²) in [6.45, 7) is -0.421. The predicted octanol–water partition coefficient (Wildman–Crippen LogP) is -7.75. The fourth-order valence-electron chi connectivity index (χ4n) is 10.3. The van der Waals surface area contributed by atoms with Gasteiger partial charge in [0.2, 0.25) is 41.4 Å². The molecule has 2 saturated heterocycles. The molecule has 34 nitrogen and oxygen atoms in total. The van der Waals surface area contributed by atoms with Gasteiger partial charge in [0.1, 0.15) is 67.0 Å². The Labute approximate surface area is 533 Å². The van der Waals surface area contributed by atoms with Crippen molar-refractivity contribution in [1.29, 1.82) is 0 Å². The highest BCUT2D eigenvalue weighted by Gasteiger charge is 2.47. The number of aliphatic hydroxyl groups is 9. The third-order valence-corrected chi connectivity index (χ3v) is 15.3. The number of benzene rings is 1. The highest BCUT2D eigenvalue weighted by atomic mass is 16.7. The first-order valence-corrected chi connectivity index (χ1v) is 30.6. The Morgan fingerprint density at radius 2 is 1.07 bits per heavy atom. The SMILES string of the molecule is COC1CCC(C(=O)NCc2ccc(CC(C(=O)NCCOCCOC3OC(CO)C(O)C(O)C3NC(C)=O)N(CC(=O)NCCOCCOC(NC(C)=O)C(O)C(O)C(CO)OC)CC(=O)NCCOCCOC3OC(CO)C(O)C(O)C3NC(C)=O)cc2)CC1. The molecule has 4 rings (SSSR count). The van der Waals surface area contributed by atoms with Crippen molar-refractivity contribution in [2.24, 2.45) is 5.92 Å². The van der Waals surface area contributed by atoms with Crippen LogP contribution in [0, 0.1) is 5.92 Å². The van der Waals surface area contributed by atoms with E-state index >= 15 is 0 Å². The highest BCUT2D eigenvalue weighted by molar-refractivity contribution is 5.86. The molecule has 2 aliphatic heterocycles. The number of nitrogens with zero attached hydrogens (tertiary/aromatic N) is 1. The van der Waals surface area contributed by atoms with Crippen molar-refractivity contribution < 1.29 is 127 Å². The van der Waals surface area contributed by atoms with Crippen LogP contribution < -0.4 is 37.2 Å². The Balaban J connectivity index is 1.46. The van der Waals surface area contributed by atoms with E-state index in [1.165, 1.54) is 32.8 Å². The van der Waals surface area contributed by atoms with E-state index in [0.29, 0.717) is 18.4 Å². The molecule has 92 heavy (non-hydrogen) atoms. The molecule has 1 aromatic rings. The number of hydrogen-bond acceptors (Lipinski definition) is 27. The van der Waals surface area contributed by atoms with Gasteiger partial charge < -0.3 is 131 Å². The van der Waals surface area contributed by atoms with Crippen molar-refractivity contribution in [3.05, 3.63) is 35.4 Å². The lowest BCUT2D eigenvalue weighted by Crippen LogP contribution is -2.64. The van der Waals surface area contributed by atoms with E-state index in [4.69, 9.17) is 47.4 Å². The van der Waals surface area contributed by atoms with Crippen molar-refractivity contribution in [3.63, 3.8) is 0 Å². The second-order valence-corrected chi connectivity index (χ2v) is 22.2. The smallest absolute Gasteiger partial charge is 0.237 e. The molecule has 15 atom stereocenters. The minimum absolute atomic E-state index is 0.0468. The molecule has 34 heteroatoms. The standard InChI is InChI=1S/C58H98N8O26/c1-33(70)63-46-51(78)49(76)42(31-68)91-57(46)89-24-21-86-18-15-60-45(74)29-66(28-44(73)59-14-17-85-20-23-88-56(65-35(3)72)53(80)48(75)41(30-67)84-5)40(26-36-6-8-37(9-7-36)27-62-54(81)38-10-12-39(83-4)13-11-38)55(82)61-16-19-87-22-25-90-58-47(64-34(2)71)52(79)50(77)43(32-69)92-58/h6-9,38-43,46-53,56-58,67-69,75-80H,10-32H2,1-5H3,(H,59,73)(H,60,74)(H,61,82)(H,62,81)(H,63,70)(H,64,71)(H,65,72). The van der Waals surface area contributed by atoms with Gasteiger partial charge in [-0.3, -0.25) is 38.5 Å². The van der Waals surface area contributed by atoms with Crippen LogP contribution in [0.5, 0.6) is 0 Å². The van der Waals surface area contributed by atoms with Crippen LogP contribution >= 0.6 is 0 Å². The number of ether oxygens (including phenoxy) is 10. The normalized spacial score (nSPS) is 25.7. The number of carbonyl (C=O) groups is 7. The Morgan fingerprint density at radius 3 is 1.51 bits per heavy atom. The van der Waals surface area contributed by atoms with Gasteiger partial charge in [0, 0.05) is 67.1 Å². The van der Waals surface area contributed by atoms with Gasteiger partial charge in [-0.15, -0.1) is 0 Å². The maximum atomic E-state index is 14.5. The van der Waals surface area contributed by atoms with Crippen LogP contribution in [0.15, 0.2) is 24.3 Å². The lowest BCUT2D eigenvalue weighted by atomic mass is 9.87. The van der Waals surface area contributed by atoms with Gasteiger partial charge in [-0.25, -0.2) is 0 Å². The van der Waals surface area contributed by atoms with Crippen molar-refractivity contribution >= 4 is 41.4 Å². The van der Waals surface area contributed by atoms with Crippen LogP contribution in [0.1, 0.15) is 57.6 Å². The Morgan fingerprint density at radius 1 is 0.587 bits per heavy atom. The zero-order valence-electron chi connectivity index (χ0n) is 52.8. The number of methoxy groups -OCH3 is 2. The van der Waals surface area contributed by atoms with E-state index in [1.807, 2.05) is 0 Å². The van der Waals surface area contributed by atoms with Crippen LogP contribution in [0.4, 0.5) is 0 Å². The molecule has 1 saturated carbocycles. The summed E-state index contributed by atoms with van der Waals surface area (Å²) in [6, 6.07) is 3.51. The summed E-state index contributed by atoms with van der Waals surface area (Å²) in [5.74, 6) is -3.76. The molecule has 1 aliphatic carbocycles. The lowest BCUT2D eigenvalue weighted by Gasteiger charge is -2.42. The number of carbonyl (C=O) groups excluding carboxylic acids is 7. The first-order chi connectivity index (χ1) is 44.0. The molecule has 1 aromatic carbocycles. The van der Waals surface area contributed by atoms with E-state index in [2.05, 4.69) is 37.2 Å². The summed E-state index contributed by atoms with van der Waals surface area (Å²) in [7, 11) is 2.87. The zero-order chi connectivity index (χ0) is 67.7. The van der Waals surface area contributed by atoms with Gasteiger partial charge in [-0.1, -0.05) is 24.3 Å². The van der Waals surface area contributed by atoms with Crippen molar-refractivity contribution in [2.45, 2.75) is 157 Å². The van der Waals surface area contributed by atoms with Crippen LogP contribution in [-0.4, -0.2) is 316 Å². The average molecular weight is 1320 g/mol. The third-order valence-electron chi connectivity index (χ3n) is 15.3. The fourth-order valence-corrected chi connectivity index (χ4v) is 10.3. The molecule has 526 valence electrons. The van der Waals surface area contributed by atoms with E-state index in [9.17, 15) is 79.5 Å². The average Bonchev–Trinajstić information content (AvgIpc) is 0.855. The number of hydrogen-bond donors (Lipinski definition) is 16. The largest absolute Gasteiger partial charge is 0.394 e. The number of amides is 7. The van der Waals surface area contributed by atoms with E-state index in [1.54, 1.807) is 31.4 Å². The fraction of sp³-hybridized carbons (Fsp3) is 0.776. The minimum Gasteiger partial charge on any atom is -0.394 e. The molecule has 3 fully saturated rings. The number of aliphatic hydroxyl groups excluding tert-OH is 9. The Bertz CT molecular complexity index is 2340. The monoisotopic (exact) mass is 1320 g/mol. The molecule has 0 spiro atoms. The third kappa shape index (κ3) is 27.2. The zero-order valence-corrected chi connectivity index (χ0v) is 52.8. The topological polar surface area (TPSA) is 481 Å².